The third-order valence-corrected chi connectivity index (χ3v) is 5.62. The average molecular weight is 485 g/mol. The van der Waals surface area contributed by atoms with Gasteiger partial charge in [0, 0.05) is 42.7 Å². The van der Waals surface area contributed by atoms with Crippen LogP contribution in [0, 0.1) is 0 Å². The van der Waals surface area contributed by atoms with Crippen LogP contribution in [0.1, 0.15) is 31.2 Å². The lowest BCUT2D eigenvalue weighted by atomic mass is 9.97. The Morgan fingerprint density at radius 1 is 0.914 bits per heavy atom. The first kappa shape index (κ1) is 26.2. The van der Waals surface area contributed by atoms with E-state index in [4.69, 9.17) is 11.5 Å². The second kappa shape index (κ2) is 12.3. The summed E-state index contributed by atoms with van der Waals surface area (Å²) in [4.78, 5) is 24.6. The maximum absolute atomic E-state index is 13.8. The minimum atomic E-state index is -1.40. The molecule has 9 heteroatoms. The van der Waals surface area contributed by atoms with Gasteiger partial charge in [-0.2, -0.15) is 0 Å². The zero-order valence-corrected chi connectivity index (χ0v) is 19.2. The van der Waals surface area contributed by atoms with Gasteiger partial charge < -0.3 is 27.2 Å². The molecule has 186 valence electrons. The number of aliphatic hydroxyl groups excluding tert-OH is 1. The van der Waals surface area contributed by atoms with Gasteiger partial charge in [0.15, 0.2) is 0 Å². The van der Waals surface area contributed by atoms with E-state index in [2.05, 4.69) is 10.6 Å². The average Bonchev–Trinajstić information content (AvgIpc) is 2.82. The summed E-state index contributed by atoms with van der Waals surface area (Å²) in [5, 5.41) is 15.5. The Bertz CT molecular complexity index is 1090. The van der Waals surface area contributed by atoms with Crippen LogP contribution in [0.3, 0.4) is 0 Å². The van der Waals surface area contributed by atoms with Gasteiger partial charge in [-0.15, -0.1) is 0 Å². The summed E-state index contributed by atoms with van der Waals surface area (Å²) in [6.07, 6.45) is 0.134. The molecule has 3 unspecified atom stereocenters. The van der Waals surface area contributed by atoms with E-state index in [1.165, 1.54) is 0 Å². The highest BCUT2D eigenvalue weighted by atomic mass is 19.1. The first-order valence-corrected chi connectivity index (χ1v) is 11.4. The van der Waals surface area contributed by atoms with Crippen LogP contribution in [-0.2, 0) is 16.0 Å². The number of nitrogens with two attached hydrogens (primary N) is 2. The van der Waals surface area contributed by atoms with Gasteiger partial charge in [-0.1, -0.05) is 30.3 Å². The zero-order valence-electron chi connectivity index (χ0n) is 19.2. The number of rotatable bonds is 10. The number of carbonyl (C=O) groups excluding carboxylic acids is 2. The van der Waals surface area contributed by atoms with Crippen LogP contribution >= 0.6 is 0 Å². The van der Waals surface area contributed by atoms with Crippen molar-refractivity contribution in [3.63, 3.8) is 0 Å². The topological polar surface area (TPSA) is 130 Å². The molecule has 1 aliphatic carbocycles. The first-order chi connectivity index (χ1) is 16.7. The number of amides is 2. The number of hydrogen-bond acceptors (Lipinski definition) is 5. The maximum atomic E-state index is 13.8. The molecule has 0 spiro atoms. The Morgan fingerprint density at radius 2 is 1.54 bits per heavy atom. The first-order valence-electron chi connectivity index (χ1n) is 11.4. The molecule has 0 fully saturated rings. The third-order valence-electron chi connectivity index (χ3n) is 5.62. The molecule has 7 nitrogen and oxygen atoms in total. The van der Waals surface area contributed by atoms with E-state index in [0.29, 0.717) is 17.8 Å². The number of aliphatic hydroxyl groups is 1. The standard InChI is InChI=1S/C26H30F2N4O3/c27-18-6-11-22(28)17(13-18)14-19(29)15-24(33)31-20-7-9-21(10-8-20)32-26(35)25(34)23(30)12-16-4-2-1-3-5-16/h1-5,7-10,13,19,23,25,34H,6,11-12,14-15,29-30H2,(H,31,33)(H,32,35). The Kier molecular flexibility index (Phi) is 9.25. The highest BCUT2D eigenvalue weighted by Gasteiger charge is 2.23. The highest BCUT2D eigenvalue weighted by Crippen LogP contribution is 2.28. The number of benzene rings is 2. The molecule has 0 aromatic heterocycles. The van der Waals surface area contributed by atoms with Crippen LogP contribution in [0.4, 0.5) is 20.2 Å². The van der Waals surface area contributed by atoms with Gasteiger partial charge >= 0.3 is 0 Å². The predicted molar refractivity (Wildman–Crippen MR) is 132 cm³/mol. The molecular weight excluding hydrogens is 454 g/mol. The molecule has 2 amide bonds. The van der Waals surface area contributed by atoms with Gasteiger partial charge in [0.2, 0.25) is 5.91 Å². The molecule has 2 aromatic carbocycles. The SMILES string of the molecule is NC(CC(=O)Nc1ccc(NC(=O)C(O)C(N)Cc2ccccc2)cc1)CC1=C(F)CCC(F)=C1. The van der Waals surface area contributed by atoms with Gasteiger partial charge in [0.1, 0.15) is 17.8 Å². The van der Waals surface area contributed by atoms with Crippen molar-refractivity contribution in [2.24, 2.45) is 11.5 Å². The van der Waals surface area contributed by atoms with Gasteiger partial charge in [0.25, 0.3) is 5.91 Å². The Balaban J connectivity index is 1.46. The molecule has 1 aliphatic rings. The smallest absolute Gasteiger partial charge is 0.254 e. The predicted octanol–water partition coefficient (Wildman–Crippen LogP) is 3.47. The normalized spacial score (nSPS) is 16.2. The molecule has 0 saturated heterocycles. The second-order valence-corrected chi connectivity index (χ2v) is 8.60. The number of hydrogen-bond donors (Lipinski definition) is 5. The number of halogens is 2. The maximum Gasteiger partial charge on any atom is 0.254 e. The van der Waals surface area contributed by atoms with E-state index < -0.39 is 35.7 Å². The number of carbonyl (C=O) groups is 2. The van der Waals surface area contributed by atoms with Crippen molar-refractivity contribution in [2.75, 3.05) is 10.6 Å². The molecule has 0 saturated carbocycles. The molecule has 0 radical (unpaired) electrons. The van der Waals surface area contributed by atoms with Crippen molar-refractivity contribution < 1.29 is 23.5 Å². The molecular formula is C26H30F2N4O3. The molecule has 0 aliphatic heterocycles. The summed E-state index contributed by atoms with van der Waals surface area (Å²) in [6.45, 7) is 0. The fourth-order valence-electron chi connectivity index (χ4n) is 3.75. The second-order valence-electron chi connectivity index (χ2n) is 8.60. The van der Waals surface area contributed by atoms with E-state index in [9.17, 15) is 23.5 Å². The Morgan fingerprint density at radius 3 is 2.20 bits per heavy atom. The van der Waals surface area contributed by atoms with E-state index in [0.717, 1.165) is 11.6 Å². The van der Waals surface area contributed by atoms with Gasteiger partial charge in [-0.25, -0.2) is 8.78 Å². The van der Waals surface area contributed by atoms with Crippen molar-refractivity contribution in [3.05, 3.63) is 83.5 Å². The largest absolute Gasteiger partial charge is 0.382 e. The molecule has 3 rings (SSSR count). The van der Waals surface area contributed by atoms with Crippen molar-refractivity contribution in [3.8, 4) is 0 Å². The zero-order chi connectivity index (χ0) is 25.4. The molecule has 2 aromatic rings. The summed E-state index contributed by atoms with van der Waals surface area (Å²) in [5.74, 6) is -1.80. The Labute approximate surface area is 202 Å². The van der Waals surface area contributed by atoms with Crippen LogP contribution < -0.4 is 22.1 Å². The minimum absolute atomic E-state index is 0.00939. The molecule has 35 heavy (non-hydrogen) atoms. The number of nitrogens with one attached hydrogen (secondary N) is 2. The Hall–Kier alpha value is -3.40. The van der Waals surface area contributed by atoms with Crippen LogP contribution in [0.15, 0.2) is 77.9 Å². The quantitative estimate of drug-likeness (QED) is 0.353. The van der Waals surface area contributed by atoms with Crippen LogP contribution in [0.5, 0.6) is 0 Å². The monoisotopic (exact) mass is 484 g/mol. The van der Waals surface area contributed by atoms with Crippen molar-refractivity contribution in [1.29, 1.82) is 0 Å². The summed E-state index contributed by atoms with van der Waals surface area (Å²) in [6, 6.07) is 14.2. The molecule has 0 bridgehead atoms. The highest BCUT2D eigenvalue weighted by molar-refractivity contribution is 5.95. The van der Waals surface area contributed by atoms with Crippen LogP contribution in [-0.4, -0.2) is 35.1 Å². The van der Waals surface area contributed by atoms with E-state index >= 15 is 0 Å². The van der Waals surface area contributed by atoms with E-state index in [-0.39, 0.29) is 37.2 Å². The van der Waals surface area contributed by atoms with Crippen molar-refractivity contribution in [2.45, 2.75) is 50.3 Å². The molecule has 7 N–H and O–H groups in total. The minimum Gasteiger partial charge on any atom is -0.382 e. The van der Waals surface area contributed by atoms with Crippen LogP contribution in [0.25, 0.3) is 0 Å². The lowest BCUT2D eigenvalue weighted by Crippen LogP contribution is -2.44. The summed E-state index contributed by atoms with van der Waals surface area (Å²) in [7, 11) is 0. The molecule has 0 heterocycles. The van der Waals surface area contributed by atoms with Gasteiger partial charge in [-0.05, 0) is 54.3 Å². The van der Waals surface area contributed by atoms with E-state index in [1.807, 2.05) is 30.3 Å². The molecule has 3 atom stereocenters. The summed E-state index contributed by atoms with van der Waals surface area (Å²) < 4.78 is 27.2. The fraction of sp³-hybridized carbons (Fsp3) is 0.308. The number of anilines is 2. The van der Waals surface area contributed by atoms with Gasteiger partial charge in [0.05, 0.1) is 0 Å². The van der Waals surface area contributed by atoms with Crippen LogP contribution in [0.2, 0.25) is 0 Å². The van der Waals surface area contributed by atoms with Gasteiger partial charge in [-0.3, -0.25) is 9.59 Å². The van der Waals surface area contributed by atoms with Crippen molar-refractivity contribution >= 4 is 23.2 Å². The lowest BCUT2D eigenvalue weighted by Gasteiger charge is -2.18. The summed E-state index contributed by atoms with van der Waals surface area (Å²) in [5.41, 5.74) is 13.9. The summed E-state index contributed by atoms with van der Waals surface area (Å²) >= 11 is 0. The van der Waals surface area contributed by atoms with Crippen molar-refractivity contribution in [1.82, 2.24) is 0 Å². The third kappa shape index (κ3) is 8.10. The van der Waals surface area contributed by atoms with E-state index in [1.54, 1.807) is 24.3 Å². The number of allylic oxidation sites excluding steroid dienone is 3. The lowest BCUT2D eigenvalue weighted by molar-refractivity contribution is -0.125. The fourth-order valence-corrected chi connectivity index (χ4v) is 3.75.